The van der Waals surface area contributed by atoms with Gasteiger partial charge in [0.2, 0.25) is 5.88 Å². The van der Waals surface area contributed by atoms with Crippen LogP contribution in [0.3, 0.4) is 0 Å². The molecular weight excluding hydrogens is 226 g/mol. The molecule has 0 spiro atoms. The third-order valence-corrected chi connectivity index (χ3v) is 1.93. The van der Waals surface area contributed by atoms with Crippen molar-refractivity contribution in [3.8, 4) is 11.6 Å². The van der Waals surface area contributed by atoms with Crippen molar-refractivity contribution in [1.29, 1.82) is 0 Å². The number of nitro groups is 1. The van der Waals surface area contributed by atoms with Crippen molar-refractivity contribution in [2.24, 2.45) is 0 Å². The van der Waals surface area contributed by atoms with E-state index in [0.717, 1.165) is 6.20 Å². The quantitative estimate of drug-likeness (QED) is 0.639. The summed E-state index contributed by atoms with van der Waals surface area (Å²) in [6, 6.07) is 5.65. The van der Waals surface area contributed by atoms with E-state index in [2.05, 4.69) is 9.97 Å². The van der Waals surface area contributed by atoms with E-state index in [-0.39, 0.29) is 17.3 Å². The van der Waals surface area contributed by atoms with Gasteiger partial charge in [0.05, 0.1) is 4.92 Å². The Morgan fingerprint density at radius 1 is 1.35 bits per heavy atom. The molecule has 7 nitrogen and oxygen atoms in total. The van der Waals surface area contributed by atoms with Crippen LogP contribution in [-0.2, 0) is 0 Å². The number of H-pyrrole nitrogens is 1. The number of hydrogen-bond donors (Lipinski definition) is 1. The second kappa shape index (κ2) is 4.44. The third kappa shape index (κ3) is 2.46. The highest BCUT2D eigenvalue weighted by Gasteiger charge is 2.07. The van der Waals surface area contributed by atoms with Gasteiger partial charge in [-0.2, -0.15) is 0 Å². The molecule has 0 aliphatic heterocycles. The number of rotatable bonds is 3. The van der Waals surface area contributed by atoms with Gasteiger partial charge in [0, 0.05) is 18.3 Å². The summed E-state index contributed by atoms with van der Waals surface area (Å²) in [7, 11) is 0. The standard InChI is InChI=1S/C10H7N3O4/c14-10-8(2-1-5-11-10)17-9-4-3-7(6-12-9)13(15)16/h1-6H,(H,11,14). The third-order valence-electron chi connectivity index (χ3n) is 1.93. The first-order valence-electron chi connectivity index (χ1n) is 4.63. The van der Waals surface area contributed by atoms with E-state index in [1.807, 2.05) is 0 Å². The van der Waals surface area contributed by atoms with Crippen LogP contribution in [0.5, 0.6) is 11.6 Å². The molecule has 2 heterocycles. The fourth-order valence-electron chi connectivity index (χ4n) is 1.14. The number of hydrogen-bond acceptors (Lipinski definition) is 5. The Morgan fingerprint density at radius 3 is 2.76 bits per heavy atom. The van der Waals surface area contributed by atoms with Crippen LogP contribution in [0.4, 0.5) is 5.69 Å². The average molecular weight is 233 g/mol. The molecule has 0 bridgehead atoms. The van der Waals surface area contributed by atoms with Gasteiger partial charge in [0.25, 0.3) is 11.2 Å². The normalized spacial score (nSPS) is 9.88. The lowest BCUT2D eigenvalue weighted by Gasteiger charge is -2.02. The van der Waals surface area contributed by atoms with Crippen LogP contribution in [-0.4, -0.2) is 14.9 Å². The summed E-state index contributed by atoms with van der Waals surface area (Å²) in [4.78, 5) is 27.3. The molecule has 0 aromatic carbocycles. The molecule has 7 heteroatoms. The number of aromatic amines is 1. The molecule has 0 unspecified atom stereocenters. The van der Waals surface area contributed by atoms with Crippen LogP contribution in [0.25, 0.3) is 0 Å². The summed E-state index contributed by atoms with van der Waals surface area (Å²) in [5.74, 6) is 0.196. The second-order valence-electron chi connectivity index (χ2n) is 3.08. The molecule has 2 aromatic rings. The smallest absolute Gasteiger partial charge is 0.290 e. The first kappa shape index (κ1) is 10.8. The first-order chi connectivity index (χ1) is 8.16. The molecule has 0 saturated heterocycles. The van der Waals surface area contributed by atoms with E-state index >= 15 is 0 Å². The van der Waals surface area contributed by atoms with Gasteiger partial charge in [-0.1, -0.05) is 0 Å². The van der Waals surface area contributed by atoms with E-state index in [1.54, 1.807) is 6.07 Å². The molecule has 0 aliphatic carbocycles. The summed E-state index contributed by atoms with van der Waals surface area (Å²) >= 11 is 0. The zero-order valence-corrected chi connectivity index (χ0v) is 8.49. The molecule has 2 rings (SSSR count). The molecule has 2 aromatic heterocycles. The van der Waals surface area contributed by atoms with Gasteiger partial charge in [-0.15, -0.1) is 0 Å². The van der Waals surface area contributed by atoms with Gasteiger partial charge in [-0.05, 0) is 12.1 Å². The molecule has 0 fully saturated rings. The van der Waals surface area contributed by atoms with Crippen LogP contribution < -0.4 is 10.3 Å². The lowest BCUT2D eigenvalue weighted by Crippen LogP contribution is -2.07. The Hall–Kier alpha value is -2.70. The Labute approximate surface area is 94.9 Å². The van der Waals surface area contributed by atoms with Crippen molar-refractivity contribution in [3.05, 3.63) is 57.1 Å². The maximum absolute atomic E-state index is 11.3. The summed E-state index contributed by atoms with van der Waals surface area (Å²) in [5.41, 5.74) is -0.535. The zero-order chi connectivity index (χ0) is 12.3. The molecule has 0 saturated carbocycles. The fourth-order valence-corrected chi connectivity index (χ4v) is 1.14. The molecule has 17 heavy (non-hydrogen) atoms. The topological polar surface area (TPSA) is 98.1 Å². The summed E-state index contributed by atoms with van der Waals surface area (Å²) < 4.78 is 5.17. The van der Waals surface area contributed by atoms with Crippen molar-refractivity contribution in [1.82, 2.24) is 9.97 Å². The van der Waals surface area contributed by atoms with Gasteiger partial charge in [-0.25, -0.2) is 4.98 Å². The number of ether oxygens (including phenoxy) is 1. The fraction of sp³-hybridized carbons (Fsp3) is 0. The van der Waals surface area contributed by atoms with Crippen LogP contribution in [0.1, 0.15) is 0 Å². The average Bonchev–Trinajstić information content (AvgIpc) is 2.33. The van der Waals surface area contributed by atoms with Crippen molar-refractivity contribution in [2.75, 3.05) is 0 Å². The van der Waals surface area contributed by atoms with Gasteiger partial charge in [-0.3, -0.25) is 14.9 Å². The lowest BCUT2D eigenvalue weighted by molar-refractivity contribution is -0.385. The highest BCUT2D eigenvalue weighted by molar-refractivity contribution is 5.31. The van der Waals surface area contributed by atoms with Gasteiger partial charge >= 0.3 is 0 Å². The van der Waals surface area contributed by atoms with Gasteiger partial charge < -0.3 is 9.72 Å². The first-order valence-corrected chi connectivity index (χ1v) is 4.63. The Morgan fingerprint density at radius 2 is 2.18 bits per heavy atom. The predicted octanol–water partition coefficient (Wildman–Crippen LogP) is 1.47. The van der Waals surface area contributed by atoms with Crippen LogP contribution in [0.2, 0.25) is 0 Å². The minimum atomic E-state index is -0.563. The van der Waals surface area contributed by atoms with Crippen LogP contribution in [0, 0.1) is 10.1 Å². The second-order valence-corrected chi connectivity index (χ2v) is 3.08. The van der Waals surface area contributed by atoms with Crippen molar-refractivity contribution < 1.29 is 9.66 Å². The molecule has 0 atom stereocenters. The zero-order valence-electron chi connectivity index (χ0n) is 8.49. The minimum Gasteiger partial charge on any atom is -0.433 e. The summed E-state index contributed by atoms with van der Waals surface area (Å²) in [6.07, 6.45) is 2.53. The maximum atomic E-state index is 11.3. The monoisotopic (exact) mass is 233 g/mol. The maximum Gasteiger partial charge on any atom is 0.290 e. The van der Waals surface area contributed by atoms with E-state index in [1.165, 1.54) is 24.4 Å². The van der Waals surface area contributed by atoms with Crippen molar-refractivity contribution in [3.63, 3.8) is 0 Å². The highest BCUT2D eigenvalue weighted by Crippen LogP contribution is 2.17. The minimum absolute atomic E-state index is 0.0776. The number of aromatic nitrogens is 2. The SMILES string of the molecule is O=c1[nH]cccc1Oc1ccc([N+](=O)[O-])cn1. The molecule has 0 amide bonds. The van der Waals surface area contributed by atoms with Gasteiger partial charge in [0.15, 0.2) is 5.75 Å². The van der Waals surface area contributed by atoms with Gasteiger partial charge in [0.1, 0.15) is 6.20 Å². The molecule has 86 valence electrons. The van der Waals surface area contributed by atoms with E-state index in [9.17, 15) is 14.9 Å². The van der Waals surface area contributed by atoms with E-state index in [4.69, 9.17) is 4.74 Å². The van der Waals surface area contributed by atoms with Crippen molar-refractivity contribution in [2.45, 2.75) is 0 Å². The molecule has 1 N–H and O–H groups in total. The molecule has 0 radical (unpaired) electrons. The number of pyridine rings is 2. The summed E-state index contributed by atoms with van der Waals surface area (Å²) in [5, 5.41) is 10.4. The Balaban J connectivity index is 2.23. The summed E-state index contributed by atoms with van der Waals surface area (Å²) in [6.45, 7) is 0. The Kier molecular flexibility index (Phi) is 2.82. The molecular formula is C10H7N3O4. The van der Waals surface area contributed by atoms with Crippen molar-refractivity contribution >= 4 is 5.69 Å². The van der Waals surface area contributed by atoms with E-state index < -0.39 is 10.5 Å². The van der Waals surface area contributed by atoms with Crippen LogP contribution in [0.15, 0.2) is 41.5 Å². The predicted molar refractivity (Wildman–Crippen MR) is 58.0 cm³/mol. The highest BCUT2D eigenvalue weighted by atomic mass is 16.6. The van der Waals surface area contributed by atoms with E-state index in [0.29, 0.717) is 0 Å². The largest absolute Gasteiger partial charge is 0.433 e. The lowest BCUT2D eigenvalue weighted by atomic mass is 10.4. The Bertz CT molecular complexity index is 591. The number of nitrogens with zero attached hydrogens (tertiary/aromatic N) is 2. The number of nitrogens with one attached hydrogen (secondary N) is 1. The van der Waals surface area contributed by atoms with Crippen LogP contribution >= 0.6 is 0 Å². The molecule has 0 aliphatic rings.